The van der Waals surface area contributed by atoms with Gasteiger partial charge in [-0.3, -0.25) is 0 Å². The highest BCUT2D eigenvalue weighted by Gasteiger charge is 2.26. The minimum Gasteiger partial charge on any atom is -0.444 e. The second-order valence-electron chi connectivity index (χ2n) is 4.78. The summed E-state index contributed by atoms with van der Waals surface area (Å²) in [5.74, 6) is 0. The van der Waals surface area contributed by atoms with Crippen molar-refractivity contribution in [1.82, 2.24) is 5.32 Å². The third-order valence-corrected chi connectivity index (χ3v) is 2.11. The van der Waals surface area contributed by atoms with Gasteiger partial charge in [0.1, 0.15) is 5.60 Å². The van der Waals surface area contributed by atoms with Gasteiger partial charge in [-0.2, -0.15) is 0 Å². The summed E-state index contributed by atoms with van der Waals surface area (Å²) in [6.07, 6.45) is 0.328. The van der Waals surface area contributed by atoms with Gasteiger partial charge < -0.3 is 20.5 Å². The van der Waals surface area contributed by atoms with Crippen molar-refractivity contribution in [3.8, 4) is 0 Å². The van der Waals surface area contributed by atoms with Gasteiger partial charge in [0.25, 0.3) is 0 Å². The topological polar surface area (TPSA) is 73.6 Å². The number of hydrogen-bond donors (Lipinski definition) is 2. The summed E-state index contributed by atoms with van der Waals surface area (Å²) in [5, 5.41) is 2.71. The molecule has 0 saturated carbocycles. The smallest absolute Gasteiger partial charge is 0.408 e. The number of nitrogens with two attached hydrogens (primary N) is 1. The van der Waals surface area contributed by atoms with Gasteiger partial charge in [0, 0.05) is 12.6 Å². The van der Waals surface area contributed by atoms with Gasteiger partial charge in [-0.25, -0.2) is 4.79 Å². The van der Waals surface area contributed by atoms with Crippen LogP contribution in [-0.2, 0) is 9.47 Å². The Morgan fingerprint density at radius 3 is 2.73 bits per heavy atom. The number of amides is 1. The van der Waals surface area contributed by atoms with Crippen LogP contribution in [0.25, 0.3) is 0 Å². The Hall–Kier alpha value is -0.810. The SMILES string of the molecule is CC(C)(C)OC(=O)N[C@@H]1COCC[C@@H]1N. The molecule has 1 fully saturated rings. The van der Waals surface area contributed by atoms with Gasteiger partial charge >= 0.3 is 6.09 Å². The Bertz CT molecular complexity index is 225. The van der Waals surface area contributed by atoms with E-state index in [0.29, 0.717) is 13.2 Å². The third-order valence-electron chi connectivity index (χ3n) is 2.11. The van der Waals surface area contributed by atoms with Gasteiger partial charge in [0.15, 0.2) is 0 Å². The van der Waals surface area contributed by atoms with E-state index in [9.17, 15) is 4.79 Å². The molecule has 5 heteroatoms. The predicted molar refractivity (Wildman–Crippen MR) is 56.6 cm³/mol. The highest BCUT2D eigenvalue weighted by molar-refractivity contribution is 5.68. The molecule has 2 atom stereocenters. The summed E-state index contributed by atoms with van der Waals surface area (Å²) in [7, 11) is 0. The Morgan fingerprint density at radius 1 is 1.53 bits per heavy atom. The van der Waals surface area contributed by atoms with Crippen molar-refractivity contribution in [2.75, 3.05) is 13.2 Å². The van der Waals surface area contributed by atoms with Crippen molar-refractivity contribution >= 4 is 6.09 Å². The number of hydrogen-bond acceptors (Lipinski definition) is 4. The molecule has 0 unspecified atom stereocenters. The molecule has 0 aliphatic carbocycles. The quantitative estimate of drug-likeness (QED) is 0.674. The number of rotatable bonds is 1. The fourth-order valence-electron chi connectivity index (χ4n) is 1.36. The van der Waals surface area contributed by atoms with E-state index in [-0.39, 0.29) is 12.1 Å². The third kappa shape index (κ3) is 4.48. The van der Waals surface area contributed by atoms with Crippen LogP contribution < -0.4 is 11.1 Å². The second kappa shape index (κ2) is 4.81. The summed E-state index contributed by atoms with van der Waals surface area (Å²) in [6.45, 7) is 6.59. The van der Waals surface area contributed by atoms with Crippen LogP contribution in [0.4, 0.5) is 4.79 Å². The summed E-state index contributed by atoms with van der Waals surface area (Å²) in [4.78, 5) is 11.4. The van der Waals surface area contributed by atoms with Crippen LogP contribution in [0.5, 0.6) is 0 Å². The van der Waals surface area contributed by atoms with Gasteiger partial charge in [0.05, 0.1) is 12.6 Å². The zero-order valence-electron chi connectivity index (χ0n) is 9.58. The molecule has 0 spiro atoms. The van der Waals surface area contributed by atoms with Crippen LogP contribution in [0.1, 0.15) is 27.2 Å². The zero-order chi connectivity index (χ0) is 11.5. The normalized spacial score (nSPS) is 27.2. The molecule has 15 heavy (non-hydrogen) atoms. The van der Waals surface area contributed by atoms with Crippen LogP contribution in [-0.4, -0.2) is 37.0 Å². The highest BCUT2D eigenvalue weighted by Crippen LogP contribution is 2.09. The molecule has 3 N–H and O–H groups in total. The molecule has 0 radical (unpaired) electrons. The predicted octanol–water partition coefficient (Wildman–Crippen LogP) is 0.627. The summed E-state index contributed by atoms with van der Waals surface area (Å²) in [6, 6.07) is -0.195. The molecule has 0 bridgehead atoms. The fourth-order valence-corrected chi connectivity index (χ4v) is 1.36. The van der Waals surface area contributed by atoms with E-state index in [1.807, 2.05) is 20.8 Å². The summed E-state index contributed by atoms with van der Waals surface area (Å²) in [5.41, 5.74) is 5.36. The van der Waals surface area contributed by atoms with E-state index in [1.54, 1.807) is 0 Å². The number of carbonyl (C=O) groups is 1. The maximum atomic E-state index is 11.4. The lowest BCUT2D eigenvalue weighted by atomic mass is 10.1. The minimum absolute atomic E-state index is 0.0498. The Labute approximate surface area is 90.3 Å². The van der Waals surface area contributed by atoms with E-state index in [4.69, 9.17) is 15.2 Å². The highest BCUT2D eigenvalue weighted by atomic mass is 16.6. The Balaban J connectivity index is 2.36. The number of nitrogens with one attached hydrogen (secondary N) is 1. The van der Waals surface area contributed by atoms with Gasteiger partial charge in [0.2, 0.25) is 0 Å². The van der Waals surface area contributed by atoms with Crippen LogP contribution in [0, 0.1) is 0 Å². The van der Waals surface area contributed by atoms with E-state index in [1.165, 1.54) is 0 Å². The first-order chi connectivity index (χ1) is 6.88. The monoisotopic (exact) mass is 216 g/mol. The molecule has 0 aromatic heterocycles. The van der Waals surface area contributed by atoms with Gasteiger partial charge in [-0.15, -0.1) is 0 Å². The van der Waals surface area contributed by atoms with Crippen LogP contribution in [0.15, 0.2) is 0 Å². The molecule has 1 rings (SSSR count). The molecule has 0 aromatic carbocycles. The Morgan fingerprint density at radius 2 is 2.20 bits per heavy atom. The molecular weight excluding hydrogens is 196 g/mol. The van der Waals surface area contributed by atoms with Crippen molar-refractivity contribution in [3.05, 3.63) is 0 Å². The van der Waals surface area contributed by atoms with Crippen LogP contribution in [0.3, 0.4) is 0 Å². The molecule has 5 nitrogen and oxygen atoms in total. The van der Waals surface area contributed by atoms with E-state index in [0.717, 1.165) is 6.42 Å². The molecule has 1 heterocycles. The lowest BCUT2D eigenvalue weighted by Gasteiger charge is -2.30. The van der Waals surface area contributed by atoms with E-state index >= 15 is 0 Å². The Kier molecular flexibility index (Phi) is 3.93. The molecular formula is C10H20N2O3. The van der Waals surface area contributed by atoms with Crippen LogP contribution in [0.2, 0.25) is 0 Å². The maximum Gasteiger partial charge on any atom is 0.408 e. The molecule has 0 aromatic rings. The van der Waals surface area contributed by atoms with Crippen molar-refractivity contribution in [1.29, 1.82) is 0 Å². The van der Waals surface area contributed by atoms with Crippen molar-refractivity contribution in [3.63, 3.8) is 0 Å². The first kappa shape index (κ1) is 12.3. The summed E-state index contributed by atoms with van der Waals surface area (Å²) < 4.78 is 10.4. The molecule has 1 aliphatic heterocycles. The second-order valence-corrected chi connectivity index (χ2v) is 4.78. The number of ether oxygens (including phenoxy) is 2. The molecule has 1 amide bonds. The van der Waals surface area contributed by atoms with Gasteiger partial charge in [-0.1, -0.05) is 0 Å². The zero-order valence-corrected chi connectivity index (χ0v) is 9.58. The maximum absolute atomic E-state index is 11.4. The molecule has 1 aliphatic rings. The lowest BCUT2D eigenvalue weighted by molar-refractivity contribution is 0.0299. The van der Waals surface area contributed by atoms with Crippen LogP contribution >= 0.6 is 0 Å². The van der Waals surface area contributed by atoms with E-state index < -0.39 is 11.7 Å². The largest absolute Gasteiger partial charge is 0.444 e. The number of carbonyl (C=O) groups excluding carboxylic acids is 1. The average Bonchev–Trinajstić information content (AvgIpc) is 2.05. The van der Waals surface area contributed by atoms with E-state index in [2.05, 4.69) is 5.32 Å². The number of alkyl carbamates (subject to hydrolysis) is 1. The molecule has 1 saturated heterocycles. The standard InChI is InChI=1S/C10H20N2O3/c1-10(2,3)15-9(13)12-8-6-14-5-4-7(8)11/h7-8H,4-6,11H2,1-3H3,(H,12,13)/t7-,8+/m0/s1. The van der Waals surface area contributed by atoms with Crippen molar-refractivity contribution < 1.29 is 14.3 Å². The average molecular weight is 216 g/mol. The fraction of sp³-hybridized carbons (Fsp3) is 0.900. The summed E-state index contributed by atoms with van der Waals surface area (Å²) >= 11 is 0. The first-order valence-electron chi connectivity index (χ1n) is 5.21. The lowest BCUT2D eigenvalue weighted by Crippen LogP contribution is -2.54. The van der Waals surface area contributed by atoms with Crippen molar-refractivity contribution in [2.24, 2.45) is 5.73 Å². The van der Waals surface area contributed by atoms with Crippen molar-refractivity contribution in [2.45, 2.75) is 44.9 Å². The van der Waals surface area contributed by atoms with Gasteiger partial charge in [-0.05, 0) is 27.2 Å². The minimum atomic E-state index is -0.482. The first-order valence-corrected chi connectivity index (χ1v) is 5.21. The molecule has 88 valence electrons.